The number of sulfonamides is 1. The summed E-state index contributed by atoms with van der Waals surface area (Å²) in [6.45, 7) is 6.18. The molecule has 0 aliphatic carbocycles. The number of ether oxygens (including phenoxy) is 2. The average Bonchev–Trinajstić information content (AvgIpc) is 2.81. The molecule has 3 aromatic rings. The number of carbonyl (C=O) groups excluding carboxylic acids is 1. The SMILES string of the molecule is CCOc1ccc(Oc2cc(CNC(=O)CN(C)S(=O)(=O)c3ccc(C)c(C)c3)ccn2)cc1. The van der Waals surface area contributed by atoms with Crippen molar-refractivity contribution >= 4 is 15.9 Å². The molecule has 0 unspecified atom stereocenters. The van der Waals surface area contributed by atoms with Gasteiger partial charge in [0.1, 0.15) is 11.5 Å². The van der Waals surface area contributed by atoms with Crippen LogP contribution >= 0.6 is 0 Å². The first-order valence-electron chi connectivity index (χ1n) is 10.8. The van der Waals surface area contributed by atoms with Crippen molar-refractivity contribution in [1.82, 2.24) is 14.6 Å². The van der Waals surface area contributed by atoms with Gasteiger partial charge in [-0.15, -0.1) is 0 Å². The van der Waals surface area contributed by atoms with Gasteiger partial charge >= 0.3 is 0 Å². The average molecular weight is 484 g/mol. The van der Waals surface area contributed by atoms with Crippen LogP contribution in [0.4, 0.5) is 0 Å². The molecule has 0 saturated heterocycles. The number of pyridine rings is 1. The standard InChI is InChI=1S/C25H29N3O5S/c1-5-32-21-7-9-22(10-8-21)33-25-15-20(12-13-26-25)16-27-24(29)17-28(4)34(30,31)23-11-6-18(2)19(3)14-23/h6-15H,5,16-17H2,1-4H3,(H,27,29). The van der Waals surface area contributed by atoms with E-state index in [0.717, 1.165) is 26.7 Å². The fourth-order valence-corrected chi connectivity index (χ4v) is 4.32. The molecule has 8 nitrogen and oxygen atoms in total. The molecule has 9 heteroatoms. The van der Waals surface area contributed by atoms with Gasteiger partial charge in [0.25, 0.3) is 0 Å². The number of nitrogens with one attached hydrogen (secondary N) is 1. The monoisotopic (exact) mass is 483 g/mol. The normalized spacial score (nSPS) is 11.3. The fraction of sp³-hybridized carbons (Fsp3) is 0.280. The van der Waals surface area contributed by atoms with Gasteiger partial charge in [-0.2, -0.15) is 4.31 Å². The Morgan fingerprint density at radius 2 is 1.71 bits per heavy atom. The summed E-state index contributed by atoms with van der Waals surface area (Å²) in [7, 11) is -2.38. The van der Waals surface area contributed by atoms with Crippen LogP contribution in [0.15, 0.2) is 65.7 Å². The molecule has 1 N–H and O–H groups in total. The number of hydrogen-bond acceptors (Lipinski definition) is 6. The number of rotatable bonds is 10. The van der Waals surface area contributed by atoms with Gasteiger partial charge in [-0.3, -0.25) is 4.79 Å². The van der Waals surface area contributed by atoms with Crippen LogP contribution in [-0.4, -0.2) is 43.8 Å². The molecule has 1 amide bonds. The zero-order chi connectivity index (χ0) is 24.7. The molecule has 1 aromatic heterocycles. The van der Waals surface area contributed by atoms with Crippen molar-refractivity contribution in [2.75, 3.05) is 20.2 Å². The van der Waals surface area contributed by atoms with E-state index in [4.69, 9.17) is 9.47 Å². The summed E-state index contributed by atoms with van der Waals surface area (Å²) >= 11 is 0. The summed E-state index contributed by atoms with van der Waals surface area (Å²) in [6.07, 6.45) is 1.59. The van der Waals surface area contributed by atoms with Gasteiger partial charge in [-0.1, -0.05) is 6.07 Å². The van der Waals surface area contributed by atoms with Crippen molar-refractivity contribution in [3.05, 3.63) is 77.5 Å². The minimum Gasteiger partial charge on any atom is -0.494 e. The quantitative estimate of drug-likeness (QED) is 0.471. The van der Waals surface area contributed by atoms with Gasteiger partial charge in [0, 0.05) is 25.9 Å². The van der Waals surface area contributed by atoms with Gasteiger partial charge in [0.2, 0.25) is 21.8 Å². The highest BCUT2D eigenvalue weighted by atomic mass is 32.2. The molecule has 0 aliphatic heterocycles. The van der Waals surface area contributed by atoms with Crippen molar-refractivity contribution in [1.29, 1.82) is 0 Å². The van der Waals surface area contributed by atoms with Crippen LogP contribution in [0.2, 0.25) is 0 Å². The summed E-state index contributed by atoms with van der Waals surface area (Å²) in [5.74, 6) is 1.32. The molecule has 0 atom stereocenters. The van der Waals surface area contributed by atoms with Gasteiger partial charge in [-0.25, -0.2) is 13.4 Å². The van der Waals surface area contributed by atoms with Gasteiger partial charge in [0.05, 0.1) is 18.0 Å². The maximum absolute atomic E-state index is 12.8. The highest BCUT2D eigenvalue weighted by molar-refractivity contribution is 7.89. The van der Waals surface area contributed by atoms with Gasteiger partial charge < -0.3 is 14.8 Å². The minimum absolute atomic E-state index is 0.163. The number of likely N-dealkylation sites (N-methyl/N-ethyl adjacent to an activating group) is 1. The molecule has 2 aromatic carbocycles. The number of benzene rings is 2. The number of nitrogens with zero attached hydrogens (tertiary/aromatic N) is 2. The van der Waals surface area contributed by atoms with Crippen LogP contribution in [0.5, 0.6) is 17.4 Å². The highest BCUT2D eigenvalue weighted by Crippen LogP contribution is 2.23. The van der Waals surface area contributed by atoms with Crippen LogP contribution in [-0.2, 0) is 21.4 Å². The van der Waals surface area contributed by atoms with Crippen LogP contribution in [0.3, 0.4) is 0 Å². The van der Waals surface area contributed by atoms with E-state index >= 15 is 0 Å². The fourth-order valence-electron chi connectivity index (χ4n) is 3.11. The molecule has 0 radical (unpaired) electrons. The second-order valence-corrected chi connectivity index (χ2v) is 9.84. The molecule has 0 spiro atoms. The van der Waals surface area contributed by atoms with Crippen LogP contribution < -0.4 is 14.8 Å². The second-order valence-electron chi connectivity index (χ2n) is 7.79. The van der Waals surface area contributed by atoms with E-state index in [9.17, 15) is 13.2 Å². The molecular formula is C25H29N3O5S. The van der Waals surface area contributed by atoms with Crippen LogP contribution in [0.1, 0.15) is 23.6 Å². The number of aryl methyl sites for hydroxylation is 2. The Morgan fingerprint density at radius 1 is 1.00 bits per heavy atom. The van der Waals surface area contributed by atoms with Gasteiger partial charge in [0.15, 0.2) is 0 Å². The minimum atomic E-state index is -3.77. The van der Waals surface area contributed by atoms with Crippen LogP contribution in [0.25, 0.3) is 0 Å². The van der Waals surface area contributed by atoms with E-state index in [1.165, 1.54) is 7.05 Å². The summed E-state index contributed by atoms with van der Waals surface area (Å²) in [5, 5.41) is 2.74. The topological polar surface area (TPSA) is 97.8 Å². The second kappa shape index (κ2) is 11.1. The summed E-state index contributed by atoms with van der Waals surface area (Å²) in [6, 6.07) is 15.6. The molecule has 1 heterocycles. The maximum Gasteiger partial charge on any atom is 0.243 e. The predicted octanol–water partition coefficient (Wildman–Crippen LogP) is 3.83. The van der Waals surface area contributed by atoms with Crippen molar-refractivity contribution in [2.24, 2.45) is 0 Å². The van der Waals surface area contributed by atoms with E-state index in [1.807, 2.05) is 32.9 Å². The molecular weight excluding hydrogens is 454 g/mol. The third-order valence-electron chi connectivity index (χ3n) is 5.20. The molecule has 0 bridgehead atoms. The first-order chi connectivity index (χ1) is 16.2. The van der Waals surface area contributed by atoms with E-state index in [2.05, 4.69) is 10.3 Å². The number of amides is 1. The number of hydrogen-bond donors (Lipinski definition) is 1. The molecule has 0 fully saturated rings. The Hall–Kier alpha value is -3.43. The Bertz CT molecular complexity index is 1240. The number of aromatic nitrogens is 1. The Balaban J connectivity index is 1.56. The zero-order valence-electron chi connectivity index (χ0n) is 19.7. The Labute approximate surface area is 200 Å². The maximum atomic E-state index is 12.8. The summed E-state index contributed by atoms with van der Waals surface area (Å²) in [5.41, 5.74) is 2.64. The molecule has 0 aliphatic rings. The lowest BCUT2D eigenvalue weighted by Crippen LogP contribution is -2.38. The third-order valence-corrected chi connectivity index (χ3v) is 7.00. The molecule has 34 heavy (non-hydrogen) atoms. The Morgan fingerprint density at radius 3 is 2.38 bits per heavy atom. The summed E-state index contributed by atoms with van der Waals surface area (Å²) < 4.78 is 37.8. The molecule has 0 saturated carbocycles. The summed E-state index contributed by atoms with van der Waals surface area (Å²) in [4.78, 5) is 16.8. The van der Waals surface area contributed by atoms with E-state index in [-0.39, 0.29) is 18.0 Å². The highest BCUT2D eigenvalue weighted by Gasteiger charge is 2.23. The van der Waals surface area contributed by atoms with Crippen molar-refractivity contribution < 1.29 is 22.7 Å². The predicted molar refractivity (Wildman–Crippen MR) is 130 cm³/mol. The van der Waals surface area contributed by atoms with Crippen molar-refractivity contribution in [3.63, 3.8) is 0 Å². The van der Waals surface area contributed by atoms with E-state index in [1.54, 1.807) is 48.7 Å². The Kier molecular flexibility index (Phi) is 8.25. The lowest BCUT2D eigenvalue weighted by Gasteiger charge is -2.17. The molecule has 3 rings (SSSR count). The number of carbonyl (C=O) groups is 1. The lowest BCUT2D eigenvalue weighted by molar-refractivity contribution is -0.121. The first kappa shape index (κ1) is 25.2. The van der Waals surface area contributed by atoms with Crippen LogP contribution in [0, 0.1) is 13.8 Å². The van der Waals surface area contributed by atoms with E-state index in [0.29, 0.717) is 18.2 Å². The van der Waals surface area contributed by atoms with Crippen molar-refractivity contribution in [2.45, 2.75) is 32.2 Å². The van der Waals surface area contributed by atoms with E-state index < -0.39 is 15.9 Å². The van der Waals surface area contributed by atoms with Gasteiger partial charge in [-0.05, 0) is 79.9 Å². The largest absolute Gasteiger partial charge is 0.494 e. The lowest BCUT2D eigenvalue weighted by atomic mass is 10.1. The molecule has 180 valence electrons. The first-order valence-corrected chi connectivity index (χ1v) is 12.3. The smallest absolute Gasteiger partial charge is 0.243 e. The third kappa shape index (κ3) is 6.55. The van der Waals surface area contributed by atoms with Crippen molar-refractivity contribution in [3.8, 4) is 17.4 Å². The zero-order valence-corrected chi connectivity index (χ0v) is 20.6.